The lowest BCUT2D eigenvalue weighted by atomic mass is 9.82. The third-order valence-electron chi connectivity index (χ3n) is 5.73. The minimum atomic E-state index is -1.16. The van der Waals surface area contributed by atoms with Crippen molar-refractivity contribution in [2.45, 2.75) is 31.6 Å². The Morgan fingerprint density at radius 1 is 1.18 bits per heavy atom. The van der Waals surface area contributed by atoms with Gasteiger partial charge in [-0.3, -0.25) is 0 Å². The molecule has 0 amide bonds. The van der Waals surface area contributed by atoms with Crippen molar-refractivity contribution in [1.29, 1.82) is 0 Å². The molecule has 28 heavy (non-hydrogen) atoms. The lowest BCUT2D eigenvalue weighted by molar-refractivity contribution is -0.141. The van der Waals surface area contributed by atoms with Crippen molar-refractivity contribution in [2.75, 3.05) is 0 Å². The molecular weight excluding hydrogens is 362 g/mol. The molecule has 3 heterocycles. The summed E-state index contributed by atoms with van der Waals surface area (Å²) < 4.78 is 34.3. The fraction of sp³-hybridized carbons (Fsp3) is 0.273. The van der Waals surface area contributed by atoms with Gasteiger partial charge in [0.2, 0.25) is 5.88 Å². The summed E-state index contributed by atoms with van der Waals surface area (Å²) in [6.07, 6.45) is 3.84. The number of esters is 1. The molecule has 0 N–H and O–H groups in total. The second kappa shape index (κ2) is 6.26. The van der Waals surface area contributed by atoms with Gasteiger partial charge in [0, 0.05) is 41.4 Å². The summed E-state index contributed by atoms with van der Waals surface area (Å²) in [4.78, 5) is 18.8. The summed E-state index contributed by atoms with van der Waals surface area (Å²) in [5.41, 5.74) is 2.76. The molecule has 2 aliphatic heterocycles. The molecule has 1 aromatic heterocycles. The molecule has 0 bridgehead atoms. The largest absolute Gasteiger partial charge is 0.406 e. The summed E-state index contributed by atoms with van der Waals surface area (Å²) >= 11 is 0. The number of benzene rings is 1. The van der Waals surface area contributed by atoms with Crippen molar-refractivity contribution in [3.05, 3.63) is 83.0 Å². The minimum absolute atomic E-state index is 0.156. The zero-order chi connectivity index (χ0) is 19.4. The summed E-state index contributed by atoms with van der Waals surface area (Å²) in [6, 6.07) is 9.42. The maximum atomic E-state index is 14.5. The molecule has 0 radical (unpaired) electrons. The van der Waals surface area contributed by atoms with Crippen LogP contribution in [0.2, 0.25) is 0 Å². The van der Waals surface area contributed by atoms with Crippen LogP contribution < -0.4 is 4.74 Å². The number of hydrogen-bond acceptors (Lipinski definition) is 4. The first-order chi connectivity index (χ1) is 13.5. The number of hydrogen-bond donors (Lipinski definition) is 0. The molecule has 3 aliphatic rings. The highest BCUT2D eigenvalue weighted by molar-refractivity contribution is 5.85. The SMILES string of the molecule is CC1C=C2C(=CC1F)N(Cc1ccccc1F)[C@@H]1C(=O)Oc3ncccc3C21. The van der Waals surface area contributed by atoms with Gasteiger partial charge in [0.05, 0.1) is 0 Å². The smallest absolute Gasteiger partial charge is 0.336 e. The van der Waals surface area contributed by atoms with Crippen LogP contribution in [0.4, 0.5) is 8.78 Å². The molecule has 4 nitrogen and oxygen atoms in total. The lowest BCUT2D eigenvalue weighted by Gasteiger charge is -2.31. The Morgan fingerprint density at radius 2 is 2.00 bits per heavy atom. The van der Waals surface area contributed by atoms with E-state index in [1.165, 1.54) is 6.07 Å². The van der Waals surface area contributed by atoms with E-state index >= 15 is 0 Å². The van der Waals surface area contributed by atoms with Gasteiger partial charge in [0.1, 0.15) is 18.0 Å². The molecule has 1 saturated heterocycles. The standard InChI is InChI=1S/C22H18F2N2O2/c1-12-9-15-18(10-17(12)24)26(11-13-5-2-3-7-16(13)23)20-19(15)14-6-4-8-25-21(14)28-22(20)27/h2-10,12,17,19-20H,11H2,1H3/t12?,17?,19?,20-/m0/s1. The lowest BCUT2D eigenvalue weighted by Crippen LogP contribution is -2.43. The van der Waals surface area contributed by atoms with E-state index in [1.807, 2.05) is 19.1 Å². The molecule has 6 heteroatoms. The van der Waals surface area contributed by atoms with Crippen LogP contribution in [-0.4, -0.2) is 28.1 Å². The Morgan fingerprint density at radius 3 is 2.82 bits per heavy atom. The van der Waals surface area contributed by atoms with Gasteiger partial charge < -0.3 is 9.64 Å². The highest BCUT2D eigenvalue weighted by Crippen LogP contribution is 2.51. The predicted octanol–water partition coefficient (Wildman–Crippen LogP) is 3.91. The van der Waals surface area contributed by atoms with Gasteiger partial charge in [0.15, 0.2) is 0 Å². The van der Waals surface area contributed by atoms with Crippen LogP contribution in [0.25, 0.3) is 0 Å². The van der Waals surface area contributed by atoms with Gasteiger partial charge in [-0.05, 0) is 23.8 Å². The Balaban J connectivity index is 1.66. The Hall–Kier alpha value is -3.02. The molecule has 1 aliphatic carbocycles. The van der Waals surface area contributed by atoms with Gasteiger partial charge in [0.25, 0.3) is 0 Å². The van der Waals surface area contributed by atoms with Crippen LogP contribution in [0.5, 0.6) is 5.88 Å². The Labute approximate surface area is 161 Å². The molecule has 2 aromatic rings. The van der Waals surface area contributed by atoms with Crippen molar-refractivity contribution < 1.29 is 18.3 Å². The quantitative estimate of drug-likeness (QED) is 0.741. The van der Waals surface area contributed by atoms with E-state index in [9.17, 15) is 13.6 Å². The predicted molar refractivity (Wildman–Crippen MR) is 98.6 cm³/mol. The fourth-order valence-corrected chi connectivity index (χ4v) is 4.36. The first-order valence-corrected chi connectivity index (χ1v) is 9.29. The first-order valence-electron chi connectivity index (χ1n) is 9.29. The molecule has 4 atom stereocenters. The Bertz CT molecular complexity index is 1030. The molecule has 1 aromatic carbocycles. The van der Waals surface area contributed by atoms with Crippen molar-refractivity contribution in [3.8, 4) is 5.88 Å². The number of likely N-dealkylation sites (tertiary alicyclic amines) is 1. The van der Waals surface area contributed by atoms with Crippen molar-refractivity contribution >= 4 is 5.97 Å². The van der Waals surface area contributed by atoms with E-state index in [1.54, 1.807) is 41.4 Å². The van der Waals surface area contributed by atoms with Crippen molar-refractivity contribution in [3.63, 3.8) is 0 Å². The van der Waals surface area contributed by atoms with Gasteiger partial charge >= 0.3 is 5.97 Å². The van der Waals surface area contributed by atoms with Crippen molar-refractivity contribution in [1.82, 2.24) is 9.88 Å². The number of halogens is 2. The fourth-order valence-electron chi connectivity index (χ4n) is 4.36. The zero-order valence-electron chi connectivity index (χ0n) is 15.2. The molecule has 0 saturated carbocycles. The number of nitrogens with zero attached hydrogens (tertiary/aromatic N) is 2. The van der Waals surface area contributed by atoms with Crippen LogP contribution in [0.3, 0.4) is 0 Å². The number of alkyl halides is 1. The molecular formula is C22H18F2N2O2. The van der Waals surface area contributed by atoms with E-state index in [0.29, 0.717) is 11.3 Å². The summed E-state index contributed by atoms with van der Waals surface area (Å²) in [7, 11) is 0. The monoisotopic (exact) mass is 380 g/mol. The van der Waals surface area contributed by atoms with Crippen LogP contribution in [0.1, 0.15) is 24.0 Å². The van der Waals surface area contributed by atoms with Gasteiger partial charge in [-0.1, -0.05) is 37.3 Å². The number of ether oxygens (including phenoxy) is 1. The zero-order valence-corrected chi connectivity index (χ0v) is 15.2. The van der Waals surface area contributed by atoms with E-state index in [-0.39, 0.29) is 30.1 Å². The number of rotatable bonds is 2. The highest BCUT2D eigenvalue weighted by Gasteiger charge is 2.52. The van der Waals surface area contributed by atoms with Gasteiger partial charge in [-0.15, -0.1) is 0 Å². The number of pyridine rings is 1. The second-order valence-electron chi connectivity index (χ2n) is 7.44. The molecule has 0 spiro atoms. The Kier molecular flexibility index (Phi) is 3.82. The van der Waals surface area contributed by atoms with E-state index < -0.39 is 18.2 Å². The third-order valence-corrected chi connectivity index (χ3v) is 5.73. The van der Waals surface area contributed by atoms with Crippen molar-refractivity contribution in [2.24, 2.45) is 5.92 Å². The molecule has 5 rings (SSSR count). The number of allylic oxidation sites excluding steroid dienone is 3. The third kappa shape index (κ3) is 2.47. The minimum Gasteiger partial charge on any atom is -0.406 e. The van der Waals surface area contributed by atoms with E-state index in [4.69, 9.17) is 4.74 Å². The van der Waals surface area contributed by atoms with Gasteiger partial charge in [-0.25, -0.2) is 18.6 Å². The molecule has 3 unspecified atom stereocenters. The second-order valence-corrected chi connectivity index (χ2v) is 7.44. The average Bonchev–Trinajstić information content (AvgIpc) is 2.98. The van der Waals surface area contributed by atoms with Crippen LogP contribution in [0, 0.1) is 11.7 Å². The van der Waals surface area contributed by atoms with Crippen LogP contribution in [0.15, 0.2) is 66.0 Å². The normalized spacial score (nSPS) is 28.0. The number of fused-ring (bicyclic) bond motifs is 5. The van der Waals surface area contributed by atoms with Gasteiger partial charge in [-0.2, -0.15) is 0 Å². The maximum absolute atomic E-state index is 14.5. The van der Waals surface area contributed by atoms with E-state index in [0.717, 1.165) is 11.1 Å². The number of aromatic nitrogens is 1. The topological polar surface area (TPSA) is 42.4 Å². The molecule has 142 valence electrons. The average molecular weight is 380 g/mol. The van der Waals surface area contributed by atoms with E-state index in [2.05, 4.69) is 4.98 Å². The van der Waals surface area contributed by atoms with Crippen LogP contribution in [-0.2, 0) is 11.3 Å². The highest BCUT2D eigenvalue weighted by atomic mass is 19.1. The number of carbonyl (C=O) groups excluding carboxylic acids is 1. The summed E-state index contributed by atoms with van der Waals surface area (Å²) in [6.45, 7) is 1.97. The van der Waals surface area contributed by atoms with Crippen LogP contribution >= 0.6 is 0 Å². The first kappa shape index (κ1) is 17.1. The number of carbonyl (C=O) groups is 1. The summed E-state index contributed by atoms with van der Waals surface area (Å²) in [5, 5.41) is 0. The molecule has 1 fully saturated rings. The summed E-state index contributed by atoms with van der Waals surface area (Å²) in [5.74, 6) is -1.13. The maximum Gasteiger partial charge on any atom is 0.336 e.